The number of hydrogen-bond donors (Lipinski definition) is 1. The summed E-state index contributed by atoms with van der Waals surface area (Å²) in [6.45, 7) is 6.16. The fraction of sp³-hybridized carbons (Fsp3) is 0.333. The van der Waals surface area contributed by atoms with Crippen molar-refractivity contribution in [1.82, 2.24) is 0 Å². The van der Waals surface area contributed by atoms with Crippen molar-refractivity contribution in [2.75, 3.05) is 0 Å². The van der Waals surface area contributed by atoms with E-state index in [1.54, 1.807) is 12.1 Å². The fourth-order valence-corrected chi connectivity index (χ4v) is 2.72. The van der Waals surface area contributed by atoms with E-state index in [9.17, 15) is 4.39 Å². The first kappa shape index (κ1) is 16.0. The van der Waals surface area contributed by atoms with Gasteiger partial charge in [0, 0.05) is 16.5 Å². The number of halogens is 2. The third kappa shape index (κ3) is 3.63. The minimum Gasteiger partial charge on any atom is -0.327 e. The van der Waals surface area contributed by atoms with Crippen LogP contribution in [-0.2, 0) is 11.8 Å². The molecule has 1 atom stereocenters. The highest BCUT2D eigenvalue weighted by Gasteiger charge is 2.29. The summed E-state index contributed by atoms with van der Waals surface area (Å²) in [7, 11) is 0. The second-order valence-corrected chi connectivity index (χ2v) is 6.54. The number of nitrogens with two attached hydrogens (primary N) is 1. The highest BCUT2D eigenvalue weighted by molar-refractivity contribution is 6.31. The van der Waals surface area contributed by atoms with Crippen LogP contribution in [-0.4, -0.2) is 6.04 Å². The highest BCUT2D eigenvalue weighted by atomic mass is 35.5. The summed E-state index contributed by atoms with van der Waals surface area (Å²) in [6.07, 6.45) is 0.684. The molecule has 2 N–H and O–H groups in total. The van der Waals surface area contributed by atoms with Gasteiger partial charge in [-0.2, -0.15) is 0 Å². The lowest BCUT2D eigenvalue weighted by atomic mass is 9.76. The van der Waals surface area contributed by atoms with E-state index in [2.05, 4.69) is 13.8 Å². The van der Waals surface area contributed by atoms with Gasteiger partial charge in [0.05, 0.1) is 0 Å². The van der Waals surface area contributed by atoms with Crippen molar-refractivity contribution in [2.24, 2.45) is 5.73 Å². The molecule has 0 aliphatic carbocycles. The molecule has 2 aromatic rings. The lowest BCUT2D eigenvalue weighted by Gasteiger charge is -2.32. The summed E-state index contributed by atoms with van der Waals surface area (Å²) in [5.74, 6) is -0.232. The van der Waals surface area contributed by atoms with Gasteiger partial charge in [-0.25, -0.2) is 4.39 Å². The van der Waals surface area contributed by atoms with E-state index in [1.807, 2.05) is 25.1 Å². The van der Waals surface area contributed by atoms with Gasteiger partial charge in [-0.3, -0.25) is 0 Å². The smallest absolute Gasteiger partial charge is 0.123 e. The van der Waals surface area contributed by atoms with Crippen molar-refractivity contribution in [2.45, 2.75) is 38.6 Å². The van der Waals surface area contributed by atoms with Gasteiger partial charge in [-0.05, 0) is 48.2 Å². The molecule has 0 radical (unpaired) electrons. The largest absolute Gasteiger partial charge is 0.327 e. The van der Waals surface area contributed by atoms with E-state index in [4.69, 9.17) is 17.3 Å². The minimum absolute atomic E-state index is 0.108. The van der Waals surface area contributed by atoms with Crippen LogP contribution in [0.1, 0.15) is 30.5 Å². The summed E-state index contributed by atoms with van der Waals surface area (Å²) < 4.78 is 13.1. The first-order valence-corrected chi connectivity index (χ1v) is 7.45. The van der Waals surface area contributed by atoms with Crippen molar-refractivity contribution in [3.8, 4) is 0 Å². The van der Waals surface area contributed by atoms with Gasteiger partial charge >= 0.3 is 0 Å². The number of aryl methyl sites for hydroxylation is 1. The van der Waals surface area contributed by atoms with Crippen LogP contribution in [0.5, 0.6) is 0 Å². The second-order valence-electron chi connectivity index (χ2n) is 6.13. The Morgan fingerprint density at radius 1 is 1.14 bits per heavy atom. The maximum Gasteiger partial charge on any atom is 0.123 e. The number of hydrogen-bond acceptors (Lipinski definition) is 1. The first-order valence-electron chi connectivity index (χ1n) is 7.07. The average molecular weight is 306 g/mol. The lowest BCUT2D eigenvalue weighted by Crippen LogP contribution is -2.42. The number of benzene rings is 2. The summed E-state index contributed by atoms with van der Waals surface area (Å²) >= 11 is 6.29. The molecule has 0 aliphatic heterocycles. The molecule has 21 heavy (non-hydrogen) atoms. The fourth-order valence-electron chi connectivity index (χ4n) is 2.40. The average Bonchev–Trinajstić information content (AvgIpc) is 2.42. The molecule has 0 aromatic heterocycles. The van der Waals surface area contributed by atoms with Crippen molar-refractivity contribution in [3.05, 3.63) is 70.0 Å². The lowest BCUT2D eigenvalue weighted by molar-refractivity contribution is 0.406. The monoisotopic (exact) mass is 305 g/mol. The second kappa shape index (κ2) is 6.17. The van der Waals surface area contributed by atoms with Crippen molar-refractivity contribution in [1.29, 1.82) is 0 Å². The third-order valence-electron chi connectivity index (χ3n) is 4.16. The van der Waals surface area contributed by atoms with E-state index < -0.39 is 0 Å². The predicted octanol–water partition coefficient (Wildman–Crippen LogP) is 4.64. The summed E-state index contributed by atoms with van der Waals surface area (Å²) in [5.41, 5.74) is 9.35. The van der Waals surface area contributed by atoms with Crippen LogP contribution in [0, 0.1) is 12.7 Å². The van der Waals surface area contributed by atoms with Crippen molar-refractivity contribution < 1.29 is 4.39 Å². The zero-order valence-corrected chi connectivity index (χ0v) is 13.4. The molecule has 0 heterocycles. The van der Waals surface area contributed by atoms with Gasteiger partial charge < -0.3 is 5.73 Å². The maximum absolute atomic E-state index is 13.1. The quantitative estimate of drug-likeness (QED) is 0.875. The van der Waals surface area contributed by atoms with Gasteiger partial charge in [0.1, 0.15) is 5.82 Å². The van der Waals surface area contributed by atoms with Crippen molar-refractivity contribution >= 4 is 11.6 Å². The molecule has 1 unspecified atom stereocenters. The Bertz CT molecular complexity index is 620. The Morgan fingerprint density at radius 3 is 2.33 bits per heavy atom. The molecule has 2 rings (SSSR count). The molecule has 0 spiro atoms. The van der Waals surface area contributed by atoms with Gasteiger partial charge in [0.2, 0.25) is 0 Å². The van der Waals surface area contributed by atoms with Crippen LogP contribution >= 0.6 is 11.6 Å². The summed E-state index contributed by atoms with van der Waals surface area (Å²) in [4.78, 5) is 0. The molecule has 0 aliphatic rings. The summed E-state index contributed by atoms with van der Waals surface area (Å²) in [6, 6.07) is 12.5. The van der Waals surface area contributed by atoms with Crippen molar-refractivity contribution in [3.63, 3.8) is 0 Å². The molecule has 112 valence electrons. The molecule has 3 heteroatoms. The van der Waals surface area contributed by atoms with Crippen LogP contribution in [0.2, 0.25) is 5.02 Å². The molecule has 0 saturated carbocycles. The third-order valence-corrected chi connectivity index (χ3v) is 4.52. The maximum atomic E-state index is 13.1. The normalized spacial score (nSPS) is 13.2. The van der Waals surface area contributed by atoms with Crippen LogP contribution in [0.15, 0.2) is 42.5 Å². The van der Waals surface area contributed by atoms with Gasteiger partial charge in [0.25, 0.3) is 0 Å². The molecule has 2 aromatic carbocycles. The first-order chi connectivity index (χ1) is 9.80. The Kier molecular flexibility index (Phi) is 4.70. The van der Waals surface area contributed by atoms with Gasteiger partial charge in [-0.15, -0.1) is 0 Å². The predicted molar refractivity (Wildman–Crippen MR) is 87.3 cm³/mol. The van der Waals surface area contributed by atoms with E-state index in [0.717, 1.165) is 21.7 Å². The molecule has 0 fully saturated rings. The van der Waals surface area contributed by atoms with Gasteiger partial charge in [0.15, 0.2) is 0 Å². The molecule has 0 saturated heterocycles. The Hall–Kier alpha value is -1.38. The Balaban J connectivity index is 2.21. The van der Waals surface area contributed by atoms with E-state index in [1.165, 1.54) is 12.1 Å². The van der Waals surface area contributed by atoms with Gasteiger partial charge in [-0.1, -0.05) is 49.7 Å². The van der Waals surface area contributed by atoms with Crippen LogP contribution in [0.25, 0.3) is 0 Å². The molecular formula is C18H21ClFN. The van der Waals surface area contributed by atoms with E-state index >= 15 is 0 Å². The SMILES string of the molecule is Cc1ccc(CC(N)C(C)(C)c2ccc(F)cc2)c(Cl)c1. The zero-order valence-electron chi connectivity index (χ0n) is 12.7. The standard InChI is InChI=1S/C18H21ClFN/c1-12-4-5-13(16(19)10-12)11-17(21)18(2,3)14-6-8-15(20)9-7-14/h4-10,17H,11,21H2,1-3H3. The van der Waals surface area contributed by atoms with Crippen LogP contribution in [0.3, 0.4) is 0 Å². The van der Waals surface area contributed by atoms with Crippen LogP contribution < -0.4 is 5.73 Å². The van der Waals surface area contributed by atoms with E-state index in [0.29, 0.717) is 6.42 Å². The summed E-state index contributed by atoms with van der Waals surface area (Å²) in [5, 5.41) is 0.750. The number of rotatable bonds is 4. The topological polar surface area (TPSA) is 26.0 Å². The van der Waals surface area contributed by atoms with E-state index in [-0.39, 0.29) is 17.3 Å². The Labute approximate surface area is 130 Å². The molecule has 1 nitrogen and oxygen atoms in total. The Morgan fingerprint density at radius 2 is 1.76 bits per heavy atom. The molecular weight excluding hydrogens is 285 g/mol. The zero-order chi connectivity index (χ0) is 15.6. The minimum atomic E-state index is -0.262. The molecule has 0 amide bonds. The highest BCUT2D eigenvalue weighted by Crippen LogP contribution is 2.29. The molecule has 0 bridgehead atoms. The van der Waals surface area contributed by atoms with Crippen LogP contribution in [0.4, 0.5) is 4.39 Å².